The van der Waals surface area contributed by atoms with E-state index in [0.29, 0.717) is 12.1 Å². The third-order valence-electron chi connectivity index (χ3n) is 4.22. The lowest BCUT2D eigenvalue weighted by Crippen LogP contribution is -2.38. The molecule has 9 N–H and O–H groups in total. The van der Waals surface area contributed by atoms with Crippen LogP contribution in [0.1, 0.15) is 31.7 Å². The van der Waals surface area contributed by atoms with E-state index in [-0.39, 0.29) is 11.9 Å². The molecule has 1 saturated heterocycles. The van der Waals surface area contributed by atoms with Crippen LogP contribution in [0.15, 0.2) is 34.3 Å². The molecule has 24 heavy (non-hydrogen) atoms. The van der Waals surface area contributed by atoms with Gasteiger partial charge in [0.15, 0.2) is 5.96 Å². The molecule has 0 radical (unpaired) electrons. The summed E-state index contributed by atoms with van der Waals surface area (Å²) in [6, 6.07) is 8.91. The largest absolute Gasteiger partial charge is 0.370 e. The van der Waals surface area contributed by atoms with Gasteiger partial charge in [0, 0.05) is 12.1 Å². The predicted molar refractivity (Wildman–Crippen MR) is 98.3 cm³/mol. The van der Waals surface area contributed by atoms with Crippen LogP contribution in [0, 0.1) is 12.8 Å². The van der Waals surface area contributed by atoms with Gasteiger partial charge in [0.1, 0.15) is 0 Å². The molecule has 3 unspecified atom stereocenters. The van der Waals surface area contributed by atoms with E-state index in [2.05, 4.69) is 33.3 Å². The van der Waals surface area contributed by atoms with Gasteiger partial charge < -0.3 is 17.2 Å². The van der Waals surface area contributed by atoms with E-state index >= 15 is 0 Å². The van der Waals surface area contributed by atoms with E-state index in [1.807, 2.05) is 31.2 Å². The normalized spacial score (nSPS) is 26.1. The van der Waals surface area contributed by atoms with Gasteiger partial charge in [-0.25, -0.2) is 15.8 Å². The molecule has 1 aliphatic heterocycles. The number of fused-ring (bicyclic) bond motifs is 1. The maximum absolute atomic E-state index is 5.48. The van der Waals surface area contributed by atoms with Crippen LogP contribution < -0.4 is 33.6 Å². The van der Waals surface area contributed by atoms with Crippen LogP contribution in [0.2, 0.25) is 0 Å². The van der Waals surface area contributed by atoms with E-state index in [4.69, 9.17) is 17.2 Å². The molecule has 1 aromatic carbocycles. The van der Waals surface area contributed by atoms with Crippen LogP contribution in [-0.4, -0.2) is 24.0 Å². The van der Waals surface area contributed by atoms with Crippen LogP contribution in [0.3, 0.4) is 0 Å². The van der Waals surface area contributed by atoms with Crippen LogP contribution in [0.25, 0.3) is 0 Å². The van der Waals surface area contributed by atoms with Crippen LogP contribution in [0.4, 0.5) is 5.69 Å². The van der Waals surface area contributed by atoms with Gasteiger partial charge in [-0.05, 0) is 43.7 Å². The minimum atomic E-state index is -0.0974. The van der Waals surface area contributed by atoms with Gasteiger partial charge in [-0.1, -0.05) is 25.1 Å². The Morgan fingerprint density at radius 2 is 1.79 bits per heavy atom. The first-order chi connectivity index (χ1) is 11.5. The van der Waals surface area contributed by atoms with Crippen molar-refractivity contribution in [2.75, 3.05) is 0 Å². The monoisotopic (exact) mass is 332 g/mol. The average Bonchev–Trinajstić information content (AvgIpc) is 2.97. The topological polar surface area (TPSA) is 139 Å². The van der Waals surface area contributed by atoms with Crippen molar-refractivity contribution in [3.05, 3.63) is 29.8 Å². The van der Waals surface area contributed by atoms with Crippen molar-refractivity contribution in [1.82, 2.24) is 16.4 Å². The maximum Gasteiger partial charge on any atom is 0.223 e. The van der Waals surface area contributed by atoms with Gasteiger partial charge >= 0.3 is 0 Å². The van der Waals surface area contributed by atoms with Crippen LogP contribution >= 0.6 is 0 Å². The predicted octanol–water partition coefficient (Wildman–Crippen LogP) is 0.371. The number of aryl methyl sites for hydroxylation is 1. The summed E-state index contributed by atoms with van der Waals surface area (Å²) in [5.41, 5.74) is 27.0. The second-order valence-corrected chi connectivity index (χ2v) is 6.34. The lowest BCUT2D eigenvalue weighted by atomic mass is 9.84. The Morgan fingerprint density at radius 1 is 1.08 bits per heavy atom. The Hall–Kier alpha value is -2.16. The summed E-state index contributed by atoms with van der Waals surface area (Å²) in [6.45, 7) is 4.26. The molecule has 1 aromatic rings. The number of benzene rings is 1. The van der Waals surface area contributed by atoms with Gasteiger partial charge in [0.05, 0.1) is 5.69 Å². The highest BCUT2D eigenvalue weighted by Crippen LogP contribution is 2.24. The summed E-state index contributed by atoms with van der Waals surface area (Å²) in [6.07, 6.45) is 3.99. The van der Waals surface area contributed by atoms with Gasteiger partial charge in [0.25, 0.3) is 0 Å². The average molecular weight is 332 g/mol. The number of hydrazine groups is 2. The van der Waals surface area contributed by atoms with Gasteiger partial charge in [-0.3, -0.25) is 0 Å². The quantitative estimate of drug-likeness (QED) is 0.324. The molecular formula is C16H28N8. The summed E-state index contributed by atoms with van der Waals surface area (Å²) in [4.78, 5) is 7.66. The van der Waals surface area contributed by atoms with E-state index in [0.717, 1.165) is 17.2 Å². The van der Waals surface area contributed by atoms with Crippen molar-refractivity contribution in [2.45, 2.75) is 45.2 Å². The first-order valence-electron chi connectivity index (χ1n) is 8.21. The number of guanidine groups is 2. The SMILES string of the molecule is CC1CCC2NNNC2C1.Cc1ccccc1N=C(N)N=C(N)N. The Morgan fingerprint density at radius 3 is 2.50 bits per heavy atom. The summed E-state index contributed by atoms with van der Waals surface area (Å²) in [7, 11) is 0. The van der Waals surface area contributed by atoms with Gasteiger partial charge in [-0.2, -0.15) is 10.5 Å². The molecule has 1 heterocycles. The fourth-order valence-corrected chi connectivity index (χ4v) is 2.91. The summed E-state index contributed by atoms with van der Waals surface area (Å²) in [5.74, 6) is 0.856. The molecule has 3 rings (SSSR count). The van der Waals surface area contributed by atoms with Crippen molar-refractivity contribution in [2.24, 2.45) is 33.1 Å². The number of para-hydroxylation sites is 1. The van der Waals surface area contributed by atoms with Crippen molar-refractivity contribution in [1.29, 1.82) is 0 Å². The zero-order chi connectivity index (χ0) is 17.5. The Bertz CT molecular complexity index is 593. The summed E-state index contributed by atoms with van der Waals surface area (Å²) < 4.78 is 0. The third kappa shape index (κ3) is 5.48. The minimum Gasteiger partial charge on any atom is -0.370 e. The first-order valence-corrected chi connectivity index (χ1v) is 8.21. The van der Waals surface area contributed by atoms with E-state index in [9.17, 15) is 0 Å². The highest BCUT2D eigenvalue weighted by molar-refractivity contribution is 5.93. The van der Waals surface area contributed by atoms with Crippen LogP contribution in [0.5, 0.6) is 0 Å². The number of hydrogen-bond acceptors (Lipinski definition) is 4. The molecule has 0 bridgehead atoms. The molecule has 1 aliphatic carbocycles. The zero-order valence-corrected chi connectivity index (χ0v) is 14.3. The highest BCUT2D eigenvalue weighted by Gasteiger charge is 2.31. The van der Waals surface area contributed by atoms with Crippen molar-refractivity contribution >= 4 is 17.6 Å². The number of hydrogen-bond donors (Lipinski definition) is 6. The molecule has 0 aromatic heterocycles. The Labute approximate surface area is 142 Å². The molecule has 2 aliphatic rings. The lowest BCUT2D eigenvalue weighted by Gasteiger charge is -2.27. The van der Waals surface area contributed by atoms with Crippen molar-refractivity contribution < 1.29 is 0 Å². The maximum atomic E-state index is 5.48. The number of aliphatic imine (C=N–C) groups is 2. The van der Waals surface area contributed by atoms with E-state index in [1.54, 1.807) is 0 Å². The number of nitrogens with two attached hydrogens (primary N) is 3. The molecule has 2 fully saturated rings. The van der Waals surface area contributed by atoms with Crippen LogP contribution in [-0.2, 0) is 0 Å². The fourth-order valence-electron chi connectivity index (χ4n) is 2.91. The number of rotatable bonds is 1. The Kier molecular flexibility index (Phi) is 6.53. The van der Waals surface area contributed by atoms with Crippen molar-refractivity contribution in [3.8, 4) is 0 Å². The molecule has 132 valence electrons. The standard InChI is InChI=1S/C9H13N5.C7H15N3/c1-6-4-2-3-5-7(6)13-9(12)14-8(10)11;1-5-2-3-6-7(4-5)9-10-8-6/h2-5H,1H3,(H6,10,11,12,13,14);5-10H,2-4H2,1H3. The number of nitrogens with zero attached hydrogens (tertiary/aromatic N) is 2. The number of nitrogens with one attached hydrogen (secondary N) is 3. The highest BCUT2D eigenvalue weighted by atomic mass is 15.7. The minimum absolute atomic E-state index is 0.0549. The van der Waals surface area contributed by atoms with E-state index in [1.165, 1.54) is 19.3 Å². The smallest absolute Gasteiger partial charge is 0.223 e. The van der Waals surface area contributed by atoms with Crippen molar-refractivity contribution in [3.63, 3.8) is 0 Å². The third-order valence-corrected chi connectivity index (χ3v) is 4.22. The summed E-state index contributed by atoms with van der Waals surface area (Å²) >= 11 is 0. The van der Waals surface area contributed by atoms with Gasteiger partial charge in [-0.15, -0.1) is 0 Å². The zero-order valence-electron chi connectivity index (χ0n) is 14.3. The molecule has 8 heteroatoms. The molecule has 0 spiro atoms. The second kappa shape index (κ2) is 8.62. The van der Waals surface area contributed by atoms with E-state index < -0.39 is 0 Å². The fraction of sp³-hybridized carbons (Fsp3) is 0.500. The van der Waals surface area contributed by atoms with Gasteiger partial charge in [0.2, 0.25) is 5.96 Å². The molecular weight excluding hydrogens is 304 g/mol. The first kappa shape index (κ1) is 18.2. The molecule has 3 atom stereocenters. The molecule has 1 saturated carbocycles. The second-order valence-electron chi connectivity index (χ2n) is 6.34. The molecule has 8 nitrogen and oxygen atoms in total. The Balaban J connectivity index is 0.000000182. The summed E-state index contributed by atoms with van der Waals surface area (Å²) in [5, 5.41) is 0. The molecule has 0 amide bonds. The lowest BCUT2D eigenvalue weighted by molar-refractivity contribution is 0.299.